The first-order valence-corrected chi connectivity index (χ1v) is 4.60. The molecule has 2 nitrogen and oxygen atoms in total. The highest BCUT2D eigenvalue weighted by Gasteiger charge is 1.97. The zero-order valence-corrected chi connectivity index (χ0v) is 9.35. The van der Waals surface area contributed by atoms with Crippen LogP contribution in [0.2, 0.25) is 0 Å². The fraction of sp³-hybridized carbons (Fsp3) is 0.700. The van der Waals surface area contributed by atoms with Gasteiger partial charge in [0.05, 0.1) is 0 Å². The molecule has 0 aromatic heterocycles. The molecular weight excluding hydrogens is 150 g/mol. The van der Waals surface area contributed by atoms with Gasteiger partial charge >= 0.3 is 0 Å². The Balaban J connectivity index is -0.000000175. The van der Waals surface area contributed by atoms with E-state index in [1.165, 1.54) is 11.1 Å². The summed E-state index contributed by atoms with van der Waals surface area (Å²) in [5.74, 6) is 0.0972. The Hall–Kier alpha value is -0.790. The third-order valence-corrected chi connectivity index (χ3v) is 0.970. The van der Waals surface area contributed by atoms with Crippen molar-refractivity contribution in [1.29, 1.82) is 0 Å². The van der Waals surface area contributed by atoms with Crippen molar-refractivity contribution in [2.45, 2.75) is 41.0 Å². The Morgan fingerprint density at radius 3 is 1.75 bits per heavy atom. The molecule has 0 unspecified atom stereocenters. The molecule has 0 aromatic carbocycles. The lowest BCUT2D eigenvalue weighted by atomic mass is 10.4. The number of amides is 1. The summed E-state index contributed by atoms with van der Waals surface area (Å²) in [6, 6.07) is 0. The summed E-state index contributed by atoms with van der Waals surface area (Å²) in [5, 5.41) is 0. The van der Waals surface area contributed by atoms with Crippen LogP contribution in [0.25, 0.3) is 0 Å². The number of carbonyl (C=O) groups is 1. The Morgan fingerprint density at radius 2 is 1.67 bits per heavy atom. The quantitative estimate of drug-likeness (QED) is 0.628. The molecule has 0 N–H and O–H groups in total. The van der Waals surface area contributed by atoms with Gasteiger partial charge in [-0.25, -0.2) is 0 Å². The van der Waals surface area contributed by atoms with Crippen molar-refractivity contribution in [3.05, 3.63) is 12.8 Å². The lowest BCUT2D eigenvalue weighted by Crippen LogP contribution is -2.18. The molecule has 0 heterocycles. The number of carbonyl (C=O) groups excluding carboxylic acids is 1. The minimum Gasteiger partial charge on any atom is -0.323 e. The highest BCUT2D eigenvalue weighted by molar-refractivity contribution is 5.76. The highest BCUT2D eigenvalue weighted by Crippen LogP contribution is 1.87. The van der Waals surface area contributed by atoms with Crippen molar-refractivity contribution >= 4 is 5.91 Å². The van der Waals surface area contributed by atoms with Crippen LogP contribution in [0.5, 0.6) is 0 Å². The molecule has 0 aliphatic carbocycles. The fourth-order valence-corrected chi connectivity index (χ4v) is 0.351. The van der Waals surface area contributed by atoms with Crippen molar-refractivity contribution in [2.24, 2.45) is 0 Å². The largest absolute Gasteiger partial charge is 0.323 e. The Morgan fingerprint density at radius 1 is 1.33 bits per heavy atom. The van der Waals surface area contributed by atoms with Gasteiger partial charge in [0.2, 0.25) is 5.91 Å². The van der Waals surface area contributed by atoms with Gasteiger partial charge in [-0.05, 0) is 6.20 Å². The monoisotopic (exact) mass is 173 g/mol. The topological polar surface area (TPSA) is 20.3 Å². The molecule has 0 aliphatic heterocycles. The van der Waals surface area contributed by atoms with Crippen molar-refractivity contribution in [3.8, 4) is 0 Å². The zero-order chi connectivity index (χ0) is 10.6. The van der Waals surface area contributed by atoms with E-state index in [4.69, 9.17) is 0 Å². The Bertz CT molecular complexity index is 100. The van der Waals surface area contributed by atoms with Gasteiger partial charge in [0.25, 0.3) is 0 Å². The second-order valence-electron chi connectivity index (χ2n) is 1.54. The van der Waals surface area contributed by atoms with Gasteiger partial charge < -0.3 is 4.90 Å². The van der Waals surface area contributed by atoms with E-state index in [0.29, 0.717) is 6.42 Å². The summed E-state index contributed by atoms with van der Waals surface area (Å²) >= 11 is 0. The summed E-state index contributed by atoms with van der Waals surface area (Å²) in [7, 11) is 1.69. The van der Waals surface area contributed by atoms with Crippen LogP contribution in [0, 0.1) is 0 Å². The Kier molecular flexibility index (Phi) is 24.1. The predicted molar refractivity (Wildman–Crippen MR) is 56.0 cm³/mol. The van der Waals surface area contributed by atoms with Crippen LogP contribution < -0.4 is 0 Å². The predicted octanol–water partition coefficient (Wildman–Crippen LogP) is 3.05. The molecule has 74 valence electrons. The number of rotatable bonds is 2. The first-order valence-electron chi connectivity index (χ1n) is 4.60. The summed E-state index contributed by atoms with van der Waals surface area (Å²) in [4.78, 5) is 12.1. The van der Waals surface area contributed by atoms with Crippen LogP contribution in [0.3, 0.4) is 0 Å². The average Bonchev–Trinajstić information content (AvgIpc) is 2.21. The number of hydrogen-bond acceptors (Lipinski definition) is 1. The summed E-state index contributed by atoms with van der Waals surface area (Å²) in [6.07, 6.45) is 2.05. The van der Waals surface area contributed by atoms with Gasteiger partial charge in [0, 0.05) is 13.5 Å². The molecule has 0 aliphatic rings. The van der Waals surface area contributed by atoms with E-state index in [2.05, 4.69) is 6.58 Å². The standard InChI is InChI=1S/C6H11NO.2C2H6/c1-4-6(8)7(3)5-2;2*1-2/h5H,2,4H2,1,3H3;2*1-2H3. The van der Waals surface area contributed by atoms with E-state index in [9.17, 15) is 4.79 Å². The van der Waals surface area contributed by atoms with Gasteiger partial charge in [-0.15, -0.1) is 0 Å². The molecular formula is C10H23NO. The molecule has 0 fully saturated rings. The van der Waals surface area contributed by atoms with E-state index >= 15 is 0 Å². The van der Waals surface area contributed by atoms with Crippen molar-refractivity contribution in [1.82, 2.24) is 4.90 Å². The third-order valence-electron chi connectivity index (χ3n) is 0.970. The number of nitrogens with zero attached hydrogens (tertiary/aromatic N) is 1. The second-order valence-corrected chi connectivity index (χ2v) is 1.54. The summed E-state index contributed by atoms with van der Waals surface area (Å²) in [5.41, 5.74) is 0. The first kappa shape index (κ1) is 17.3. The molecule has 0 spiro atoms. The lowest BCUT2D eigenvalue weighted by Gasteiger charge is -2.07. The van der Waals surface area contributed by atoms with Crippen molar-refractivity contribution in [3.63, 3.8) is 0 Å². The average molecular weight is 173 g/mol. The van der Waals surface area contributed by atoms with Gasteiger partial charge in [0.15, 0.2) is 0 Å². The van der Waals surface area contributed by atoms with Gasteiger partial charge in [-0.2, -0.15) is 0 Å². The SMILES string of the molecule is C=CN(C)C(=O)CC.CC.CC. The van der Waals surface area contributed by atoms with E-state index in [0.717, 1.165) is 0 Å². The molecule has 0 rings (SSSR count). The van der Waals surface area contributed by atoms with Crippen LogP contribution >= 0.6 is 0 Å². The lowest BCUT2D eigenvalue weighted by molar-refractivity contribution is -0.127. The molecule has 1 amide bonds. The maximum Gasteiger partial charge on any atom is 0.225 e. The zero-order valence-electron chi connectivity index (χ0n) is 9.35. The molecule has 0 bridgehead atoms. The highest BCUT2D eigenvalue weighted by atomic mass is 16.2. The molecule has 0 radical (unpaired) electrons. The number of hydrogen-bond donors (Lipinski definition) is 0. The van der Waals surface area contributed by atoms with E-state index in [1.54, 1.807) is 7.05 Å². The Labute approximate surface area is 77.3 Å². The van der Waals surface area contributed by atoms with Crippen LogP contribution in [0.1, 0.15) is 41.0 Å². The van der Waals surface area contributed by atoms with Crippen LogP contribution in [0.4, 0.5) is 0 Å². The normalized spacial score (nSPS) is 6.50. The van der Waals surface area contributed by atoms with Crippen molar-refractivity contribution < 1.29 is 4.79 Å². The fourth-order valence-electron chi connectivity index (χ4n) is 0.351. The summed E-state index contributed by atoms with van der Waals surface area (Å²) < 4.78 is 0. The summed E-state index contributed by atoms with van der Waals surface area (Å²) in [6.45, 7) is 13.3. The van der Waals surface area contributed by atoms with Crippen LogP contribution in [-0.4, -0.2) is 17.9 Å². The van der Waals surface area contributed by atoms with Gasteiger partial charge in [-0.3, -0.25) is 4.79 Å². The van der Waals surface area contributed by atoms with Gasteiger partial charge in [0.1, 0.15) is 0 Å². The van der Waals surface area contributed by atoms with Crippen molar-refractivity contribution in [2.75, 3.05) is 7.05 Å². The van der Waals surface area contributed by atoms with E-state index in [1.807, 2.05) is 34.6 Å². The molecule has 12 heavy (non-hydrogen) atoms. The first-order chi connectivity index (χ1) is 5.72. The second kappa shape index (κ2) is 16.7. The minimum atomic E-state index is 0.0972. The molecule has 0 atom stereocenters. The molecule has 0 aromatic rings. The van der Waals surface area contributed by atoms with Crippen LogP contribution in [-0.2, 0) is 4.79 Å². The maximum absolute atomic E-state index is 10.6. The molecule has 0 saturated heterocycles. The smallest absolute Gasteiger partial charge is 0.225 e. The van der Waals surface area contributed by atoms with E-state index in [-0.39, 0.29) is 5.91 Å². The van der Waals surface area contributed by atoms with E-state index < -0.39 is 0 Å². The molecule has 2 heteroatoms. The van der Waals surface area contributed by atoms with Gasteiger partial charge in [-0.1, -0.05) is 41.2 Å². The van der Waals surface area contributed by atoms with Crippen LogP contribution in [0.15, 0.2) is 12.8 Å². The molecule has 0 saturated carbocycles. The minimum absolute atomic E-state index is 0.0972. The third kappa shape index (κ3) is 11.9. The maximum atomic E-state index is 10.6.